The number of nitrogens with one attached hydrogen (secondary N) is 1. The molecule has 0 radical (unpaired) electrons. The first-order valence-electron chi connectivity index (χ1n) is 8.38. The predicted molar refractivity (Wildman–Crippen MR) is 90.7 cm³/mol. The van der Waals surface area contributed by atoms with Crippen molar-refractivity contribution in [2.75, 3.05) is 19.7 Å². The lowest BCUT2D eigenvalue weighted by Crippen LogP contribution is -2.47. The Morgan fingerprint density at radius 2 is 2.17 bits per heavy atom. The highest BCUT2D eigenvalue weighted by Gasteiger charge is 2.36. The first-order chi connectivity index (χ1) is 11.2. The highest BCUT2D eigenvalue weighted by molar-refractivity contribution is 6.30. The molecule has 0 spiro atoms. The van der Waals surface area contributed by atoms with E-state index in [0.29, 0.717) is 23.2 Å². The maximum Gasteiger partial charge on any atom is 0.250 e. The van der Waals surface area contributed by atoms with E-state index in [0.717, 1.165) is 24.3 Å². The Morgan fingerprint density at radius 1 is 1.26 bits per heavy atom. The van der Waals surface area contributed by atoms with Gasteiger partial charge in [-0.2, -0.15) is 0 Å². The number of rotatable bonds is 2. The topological polar surface area (TPSA) is 41.6 Å². The van der Waals surface area contributed by atoms with Crippen molar-refractivity contribution < 1.29 is 9.53 Å². The molecular weight excluding hydrogens is 312 g/mol. The number of carbonyl (C=O) groups excluding carboxylic acids is 1. The minimum Gasteiger partial charge on any atom is -0.488 e. The highest BCUT2D eigenvalue weighted by atomic mass is 35.5. The van der Waals surface area contributed by atoms with Crippen molar-refractivity contribution in [3.63, 3.8) is 0 Å². The van der Waals surface area contributed by atoms with Crippen LogP contribution in [0.1, 0.15) is 31.2 Å². The second-order valence-electron chi connectivity index (χ2n) is 6.61. The Labute approximate surface area is 141 Å². The molecule has 2 fully saturated rings. The third-order valence-corrected chi connectivity index (χ3v) is 5.38. The van der Waals surface area contributed by atoms with E-state index in [1.807, 2.05) is 18.2 Å². The number of halogens is 1. The summed E-state index contributed by atoms with van der Waals surface area (Å²) in [6, 6.07) is 6.26. The van der Waals surface area contributed by atoms with E-state index < -0.39 is 0 Å². The number of fused-ring (bicyclic) bond motifs is 2. The van der Waals surface area contributed by atoms with Crippen LogP contribution in [0.2, 0.25) is 5.02 Å². The number of hydrogen-bond acceptors (Lipinski definition) is 3. The number of amides is 1. The molecule has 122 valence electrons. The largest absolute Gasteiger partial charge is 0.488 e. The molecular formula is C18H21ClN2O2. The summed E-state index contributed by atoms with van der Waals surface area (Å²) in [5.41, 5.74) is 1.55. The molecule has 1 aromatic rings. The van der Waals surface area contributed by atoms with Gasteiger partial charge in [0.1, 0.15) is 12.4 Å². The van der Waals surface area contributed by atoms with Gasteiger partial charge < -0.3 is 10.1 Å². The molecule has 2 atom stereocenters. The minimum absolute atomic E-state index is 0.00644. The van der Waals surface area contributed by atoms with Crippen molar-refractivity contribution in [2.45, 2.75) is 37.8 Å². The summed E-state index contributed by atoms with van der Waals surface area (Å²) in [4.78, 5) is 15.1. The van der Waals surface area contributed by atoms with Gasteiger partial charge in [0.25, 0.3) is 5.91 Å². The van der Waals surface area contributed by atoms with Crippen LogP contribution in [0.15, 0.2) is 23.8 Å². The van der Waals surface area contributed by atoms with E-state index in [9.17, 15) is 4.79 Å². The van der Waals surface area contributed by atoms with Gasteiger partial charge in [-0.05, 0) is 50.1 Å². The van der Waals surface area contributed by atoms with Gasteiger partial charge in [0.05, 0.1) is 5.57 Å². The van der Waals surface area contributed by atoms with Crippen LogP contribution in [0.4, 0.5) is 0 Å². The summed E-state index contributed by atoms with van der Waals surface area (Å²) >= 11 is 6.03. The van der Waals surface area contributed by atoms with Crippen LogP contribution < -0.4 is 10.1 Å². The van der Waals surface area contributed by atoms with Gasteiger partial charge in [0, 0.05) is 29.2 Å². The lowest BCUT2D eigenvalue weighted by molar-refractivity contribution is -0.118. The highest BCUT2D eigenvalue weighted by Crippen LogP contribution is 2.30. The van der Waals surface area contributed by atoms with Crippen molar-refractivity contribution in [3.8, 4) is 5.75 Å². The Bertz CT molecular complexity index is 658. The van der Waals surface area contributed by atoms with Crippen LogP contribution in [0, 0.1) is 0 Å². The molecule has 1 amide bonds. The van der Waals surface area contributed by atoms with E-state index in [1.54, 1.807) is 6.07 Å². The molecule has 1 aromatic carbocycles. The van der Waals surface area contributed by atoms with Gasteiger partial charge >= 0.3 is 0 Å². The molecule has 4 nitrogen and oxygen atoms in total. The van der Waals surface area contributed by atoms with E-state index in [1.165, 1.54) is 25.8 Å². The second kappa shape index (κ2) is 6.17. The third kappa shape index (κ3) is 2.98. The average Bonchev–Trinajstić information content (AvgIpc) is 2.97. The van der Waals surface area contributed by atoms with Crippen LogP contribution in [-0.4, -0.2) is 42.6 Å². The van der Waals surface area contributed by atoms with Gasteiger partial charge in [-0.25, -0.2) is 0 Å². The molecule has 5 heteroatoms. The van der Waals surface area contributed by atoms with Crippen LogP contribution >= 0.6 is 11.6 Å². The molecule has 0 bridgehead atoms. The second-order valence-corrected chi connectivity index (χ2v) is 7.04. The van der Waals surface area contributed by atoms with Crippen molar-refractivity contribution in [2.24, 2.45) is 0 Å². The van der Waals surface area contributed by atoms with Crippen molar-refractivity contribution in [3.05, 3.63) is 34.4 Å². The summed E-state index contributed by atoms with van der Waals surface area (Å²) in [6.45, 7) is 2.60. The predicted octanol–water partition coefficient (Wildman–Crippen LogP) is 2.86. The maximum atomic E-state index is 12.6. The van der Waals surface area contributed by atoms with Gasteiger partial charge in [0.15, 0.2) is 0 Å². The number of benzene rings is 1. The first kappa shape index (κ1) is 15.0. The number of piperidine rings is 1. The standard InChI is InChI=1S/C18H21ClN2O2/c19-14-4-5-17-12(10-14)9-13(11-23-17)18(22)20-15-6-8-21-7-2-1-3-16(15)21/h4-5,9-10,15-16H,1-3,6-8,11H2,(H,20,22)/t15-,16+/m0/s1. The molecule has 4 rings (SSSR count). The molecule has 2 saturated heterocycles. The molecule has 1 N–H and O–H groups in total. The van der Waals surface area contributed by atoms with Gasteiger partial charge in [-0.3, -0.25) is 9.69 Å². The quantitative estimate of drug-likeness (QED) is 0.905. The van der Waals surface area contributed by atoms with Gasteiger partial charge in [0.2, 0.25) is 0 Å². The summed E-state index contributed by atoms with van der Waals surface area (Å²) in [7, 11) is 0. The Morgan fingerprint density at radius 3 is 3.09 bits per heavy atom. The minimum atomic E-state index is -0.00644. The Kier molecular flexibility index (Phi) is 4.04. The fourth-order valence-electron chi connectivity index (χ4n) is 3.96. The fraction of sp³-hybridized carbons (Fsp3) is 0.500. The fourth-order valence-corrected chi connectivity index (χ4v) is 4.14. The molecule has 0 aliphatic carbocycles. The number of nitrogens with zero attached hydrogens (tertiary/aromatic N) is 1. The zero-order valence-corrected chi connectivity index (χ0v) is 13.8. The molecule has 0 saturated carbocycles. The SMILES string of the molecule is O=C(N[C@H]1CCN2CCCC[C@H]12)C1=Cc2cc(Cl)ccc2OC1. The molecule has 0 unspecified atom stereocenters. The summed E-state index contributed by atoms with van der Waals surface area (Å²) in [5, 5.41) is 3.88. The van der Waals surface area contributed by atoms with Crippen molar-refractivity contribution >= 4 is 23.6 Å². The van der Waals surface area contributed by atoms with Gasteiger partial charge in [-0.15, -0.1) is 0 Å². The van der Waals surface area contributed by atoms with Gasteiger partial charge in [-0.1, -0.05) is 18.0 Å². The van der Waals surface area contributed by atoms with E-state index in [4.69, 9.17) is 16.3 Å². The van der Waals surface area contributed by atoms with E-state index >= 15 is 0 Å². The maximum absolute atomic E-state index is 12.6. The zero-order valence-electron chi connectivity index (χ0n) is 13.1. The molecule has 0 aromatic heterocycles. The number of ether oxygens (including phenoxy) is 1. The summed E-state index contributed by atoms with van der Waals surface area (Å²) in [5.74, 6) is 0.776. The van der Waals surface area contributed by atoms with Crippen molar-refractivity contribution in [1.29, 1.82) is 0 Å². The Balaban J connectivity index is 1.47. The van der Waals surface area contributed by atoms with Crippen LogP contribution in [-0.2, 0) is 4.79 Å². The van der Waals surface area contributed by atoms with E-state index in [-0.39, 0.29) is 11.9 Å². The average molecular weight is 333 g/mol. The third-order valence-electron chi connectivity index (χ3n) is 5.15. The first-order valence-corrected chi connectivity index (χ1v) is 8.76. The Hall–Kier alpha value is -1.52. The molecule has 23 heavy (non-hydrogen) atoms. The van der Waals surface area contributed by atoms with Crippen molar-refractivity contribution in [1.82, 2.24) is 10.2 Å². The lowest BCUT2D eigenvalue weighted by Gasteiger charge is -2.32. The summed E-state index contributed by atoms with van der Waals surface area (Å²) in [6.07, 6.45) is 6.69. The van der Waals surface area contributed by atoms with Crippen LogP contribution in [0.3, 0.4) is 0 Å². The molecule has 3 aliphatic heterocycles. The number of hydrogen-bond donors (Lipinski definition) is 1. The molecule has 3 aliphatic rings. The summed E-state index contributed by atoms with van der Waals surface area (Å²) < 4.78 is 5.69. The lowest BCUT2D eigenvalue weighted by atomic mass is 9.98. The van der Waals surface area contributed by atoms with Crippen LogP contribution in [0.5, 0.6) is 5.75 Å². The smallest absolute Gasteiger partial charge is 0.250 e. The molecule has 3 heterocycles. The zero-order chi connectivity index (χ0) is 15.8. The van der Waals surface area contributed by atoms with Crippen LogP contribution in [0.25, 0.3) is 6.08 Å². The van der Waals surface area contributed by atoms with E-state index in [2.05, 4.69) is 10.2 Å². The number of carbonyl (C=O) groups is 1. The monoisotopic (exact) mass is 332 g/mol. The normalized spacial score (nSPS) is 26.7.